The molecule has 0 amide bonds. The smallest absolute Gasteiger partial charge is 0.307 e. The Kier molecular flexibility index (Phi) is 4.41. The fraction of sp³-hybridized carbons (Fsp3) is 0.462. The van der Waals surface area contributed by atoms with Crippen LogP contribution in [0, 0.1) is 0 Å². The van der Waals surface area contributed by atoms with Crippen molar-refractivity contribution in [1.82, 2.24) is 5.32 Å². The van der Waals surface area contributed by atoms with Crippen LogP contribution in [-0.4, -0.2) is 25.9 Å². The molecule has 1 aliphatic rings. The number of hydrogen-bond donors (Lipinski definition) is 1. The molecule has 98 valence electrons. The summed E-state index contributed by atoms with van der Waals surface area (Å²) in [5, 5.41) is 3.18. The maximum atomic E-state index is 11.1. The van der Waals surface area contributed by atoms with Gasteiger partial charge in [-0.15, -0.1) is 0 Å². The van der Waals surface area contributed by atoms with Gasteiger partial charge in [0.2, 0.25) is 6.79 Å². The van der Waals surface area contributed by atoms with Crippen molar-refractivity contribution in [2.75, 3.05) is 19.9 Å². The van der Waals surface area contributed by atoms with Gasteiger partial charge in [0.05, 0.1) is 13.0 Å². The molecule has 2 rings (SSSR count). The number of rotatable bonds is 6. The molecule has 0 aromatic heterocycles. The van der Waals surface area contributed by atoms with E-state index in [0.717, 1.165) is 17.1 Å². The summed E-state index contributed by atoms with van der Waals surface area (Å²) in [4.78, 5) is 11.1. The zero-order valence-corrected chi connectivity index (χ0v) is 10.4. The molecule has 1 aromatic rings. The maximum absolute atomic E-state index is 11.1. The fourth-order valence-corrected chi connectivity index (χ4v) is 1.71. The van der Waals surface area contributed by atoms with Crippen molar-refractivity contribution in [3.63, 3.8) is 0 Å². The molecule has 0 radical (unpaired) electrons. The van der Waals surface area contributed by atoms with Gasteiger partial charge >= 0.3 is 5.97 Å². The van der Waals surface area contributed by atoms with Crippen LogP contribution < -0.4 is 14.8 Å². The van der Waals surface area contributed by atoms with Gasteiger partial charge in [-0.2, -0.15) is 0 Å². The molecule has 0 fully saturated rings. The zero-order valence-electron chi connectivity index (χ0n) is 10.4. The third-order valence-electron chi connectivity index (χ3n) is 2.58. The number of esters is 1. The number of carbonyl (C=O) groups is 1. The van der Waals surface area contributed by atoms with Gasteiger partial charge in [-0.3, -0.25) is 4.79 Å². The normalized spacial score (nSPS) is 12.5. The van der Waals surface area contributed by atoms with Crippen LogP contribution in [0.3, 0.4) is 0 Å². The minimum absolute atomic E-state index is 0.171. The highest BCUT2D eigenvalue weighted by Gasteiger charge is 2.12. The third kappa shape index (κ3) is 3.37. The Balaban J connectivity index is 1.72. The SMILES string of the molecule is CCOC(=O)CCNCc1ccc2c(c1)OCO2. The van der Waals surface area contributed by atoms with Gasteiger partial charge in [-0.25, -0.2) is 0 Å². The topological polar surface area (TPSA) is 56.8 Å². The van der Waals surface area contributed by atoms with Gasteiger partial charge in [0.1, 0.15) is 0 Å². The van der Waals surface area contributed by atoms with E-state index >= 15 is 0 Å². The Labute approximate surface area is 106 Å². The summed E-state index contributed by atoms with van der Waals surface area (Å²) in [5.41, 5.74) is 1.10. The second-order valence-corrected chi connectivity index (χ2v) is 3.92. The standard InChI is InChI=1S/C13H17NO4/c1-2-16-13(15)5-6-14-8-10-3-4-11-12(7-10)18-9-17-11/h3-4,7,14H,2,5-6,8-9H2,1H3. The van der Waals surface area contributed by atoms with E-state index in [1.165, 1.54) is 0 Å². The molecule has 0 aliphatic carbocycles. The summed E-state index contributed by atoms with van der Waals surface area (Å²) in [7, 11) is 0. The lowest BCUT2D eigenvalue weighted by Crippen LogP contribution is -2.19. The van der Waals surface area contributed by atoms with E-state index in [1.807, 2.05) is 18.2 Å². The van der Waals surface area contributed by atoms with Crippen LogP contribution in [0.4, 0.5) is 0 Å². The molecule has 0 saturated carbocycles. The second kappa shape index (κ2) is 6.26. The number of fused-ring (bicyclic) bond motifs is 1. The van der Waals surface area contributed by atoms with Crippen molar-refractivity contribution < 1.29 is 19.0 Å². The highest BCUT2D eigenvalue weighted by atomic mass is 16.7. The lowest BCUT2D eigenvalue weighted by Gasteiger charge is -2.05. The minimum Gasteiger partial charge on any atom is -0.466 e. The predicted octanol–water partition coefficient (Wildman–Crippen LogP) is 1.46. The summed E-state index contributed by atoms with van der Waals surface area (Å²) in [5.74, 6) is 1.39. The van der Waals surface area contributed by atoms with Crippen LogP contribution in [0.1, 0.15) is 18.9 Å². The first-order valence-electron chi connectivity index (χ1n) is 6.04. The van der Waals surface area contributed by atoms with Crippen LogP contribution in [0.2, 0.25) is 0 Å². The predicted molar refractivity (Wildman–Crippen MR) is 65.5 cm³/mol. The number of carbonyl (C=O) groups excluding carboxylic acids is 1. The third-order valence-corrected chi connectivity index (χ3v) is 2.58. The van der Waals surface area contributed by atoms with Gasteiger partial charge in [-0.1, -0.05) is 6.07 Å². The first-order chi connectivity index (χ1) is 8.79. The van der Waals surface area contributed by atoms with Crippen LogP contribution in [-0.2, 0) is 16.1 Å². The van der Waals surface area contributed by atoms with E-state index in [0.29, 0.717) is 26.1 Å². The largest absolute Gasteiger partial charge is 0.466 e. The Morgan fingerprint density at radius 2 is 2.22 bits per heavy atom. The Hall–Kier alpha value is -1.75. The monoisotopic (exact) mass is 251 g/mol. The second-order valence-electron chi connectivity index (χ2n) is 3.92. The molecule has 1 N–H and O–H groups in total. The summed E-state index contributed by atoms with van der Waals surface area (Å²) in [6.07, 6.45) is 0.387. The van der Waals surface area contributed by atoms with E-state index in [9.17, 15) is 4.79 Å². The minimum atomic E-state index is -0.171. The Morgan fingerprint density at radius 1 is 1.39 bits per heavy atom. The molecule has 0 atom stereocenters. The fourth-order valence-electron chi connectivity index (χ4n) is 1.71. The van der Waals surface area contributed by atoms with Gasteiger partial charge in [0, 0.05) is 13.1 Å². The zero-order chi connectivity index (χ0) is 12.8. The summed E-state index contributed by atoms with van der Waals surface area (Å²) >= 11 is 0. The average molecular weight is 251 g/mol. The highest BCUT2D eigenvalue weighted by Crippen LogP contribution is 2.32. The number of benzene rings is 1. The molecule has 0 bridgehead atoms. The van der Waals surface area contributed by atoms with Crippen LogP contribution in [0.15, 0.2) is 18.2 Å². The quantitative estimate of drug-likeness (QED) is 0.612. The van der Waals surface area contributed by atoms with Gasteiger partial charge in [-0.05, 0) is 24.6 Å². The molecule has 0 spiro atoms. The molecule has 0 unspecified atom stereocenters. The van der Waals surface area contributed by atoms with Crippen LogP contribution in [0.5, 0.6) is 11.5 Å². The first kappa shape index (κ1) is 12.7. The highest BCUT2D eigenvalue weighted by molar-refractivity contribution is 5.69. The molecule has 18 heavy (non-hydrogen) atoms. The van der Waals surface area contributed by atoms with Crippen molar-refractivity contribution in [3.8, 4) is 11.5 Å². The number of nitrogens with one attached hydrogen (secondary N) is 1. The summed E-state index contributed by atoms with van der Waals surface area (Å²) in [6, 6.07) is 5.81. The lowest BCUT2D eigenvalue weighted by molar-refractivity contribution is -0.142. The van der Waals surface area contributed by atoms with Crippen LogP contribution in [0.25, 0.3) is 0 Å². The molecule has 0 saturated heterocycles. The van der Waals surface area contributed by atoms with Crippen molar-refractivity contribution in [2.24, 2.45) is 0 Å². The van der Waals surface area contributed by atoms with Crippen molar-refractivity contribution in [2.45, 2.75) is 19.9 Å². The van der Waals surface area contributed by atoms with Crippen molar-refractivity contribution in [3.05, 3.63) is 23.8 Å². The molecule has 5 nitrogen and oxygen atoms in total. The van der Waals surface area contributed by atoms with Crippen molar-refractivity contribution in [1.29, 1.82) is 0 Å². The number of ether oxygens (including phenoxy) is 3. The Bertz CT molecular complexity index is 419. The van der Waals surface area contributed by atoms with Gasteiger partial charge in [0.25, 0.3) is 0 Å². The van der Waals surface area contributed by atoms with E-state index in [1.54, 1.807) is 6.92 Å². The molecule has 1 heterocycles. The molecular formula is C13H17NO4. The van der Waals surface area contributed by atoms with Crippen molar-refractivity contribution >= 4 is 5.97 Å². The first-order valence-corrected chi connectivity index (χ1v) is 6.04. The van der Waals surface area contributed by atoms with Gasteiger partial charge < -0.3 is 19.5 Å². The number of hydrogen-bond acceptors (Lipinski definition) is 5. The molecule has 1 aliphatic heterocycles. The summed E-state index contributed by atoms with van der Waals surface area (Å²) < 4.78 is 15.4. The van der Waals surface area contributed by atoms with Crippen LogP contribution >= 0.6 is 0 Å². The van der Waals surface area contributed by atoms with Gasteiger partial charge in [0.15, 0.2) is 11.5 Å². The Morgan fingerprint density at radius 3 is 3.06 bits per heavy atom. The lowest BCUT2D eigenvalue weighted by atomic mass is 10.2. The van der Waals surface area contributed by atoms with E-state index in [4.69, 9.17) is 14.2 Å². The average Bonchev–Trinajstić information content (AvgIpc) is 2.82. The molecule has 5 heteroatoms. The summed E-state index contributed by atoms with van der Waals surface area (Å²) in [6.45, 7) is 3.82. The molecule has 1 aromatic carbocycles. The molecular weight excluding hydrogens is 234 g/mol. The van der Waals surface area contributed by atoms with E-state index in [-0.39, 0.29) is 12.8 Å². The van der Waals surface area contributed by atoms with E-state index < -0.39 is 0 Å². The van der Waals surface area contributed by atoms with E-state index in [2.05, 4.69) is 5.32 Å². The maximum Gasteiger partial charge on any atom is 0.307 e.